The molecule has 1 fully saturated rings. The molecule has 1 saturated heterocycles. The average molecular weight is 480 g/mol. The van der Waals surface area contributed by atoms with Crippen LogP contribution in [0.3, 0.4) is 0 Å². The molecule has 4 rings (SSSR count). The van der Waals surface area contributed by atoms with E-state index in [-0.39, 0.29) is 29.0 Å². The molecule has 180 valence electrons. The van der Waals surface area contributed by atoms with Gasteiger partial charge in [0.15, 0.2) is 0 Å². The summed E-state index contributed by atoms with van der Waals surface area (Å²) >= 11 is 0. The summed E-state index contributed by atoms with van der Waals surface area (Å²) in [6, 6.07) is 14.9. The predicted molar refractivity (Wildman–Crippen MR) is 126 cm³/mol. The largest absolute Gasteiger partial charge is 0.417 e. The minimum Gasteiger partial charge on any atom is -0.372 e. The Kier molecular flexibility index (Phi) is 6.76. The number of hydrogen-bond acceptors (Lipinski definition) is 5. The van der Waals surface area contributed by atoms with Crippen LogP contribution >= 0.6 is 0 Å². The summed E-state index contributed by atoms with van der Waals surface area (Å²) < 4.78 is 48.0. The zero-order chi connectivity index (χ0) is 25.2. The van der Waals surface area contributed by atoms with E-state index in [9.17, 15) is 18.0 Å². The van der Waals surface area contributed by atoms with Gasteiger partial charge in [-0.3, -0.25) is 4.79 Å². The van der Waals surface area contributed by atoms with E-state index in [4.69, 9.17) is 10.00 Å². The van der Waals surface area contributed by atoms with Crippen molar-refractivity contribution in [2.45, 2.75) is 32.2 Å². The molecule has 2 heterocycles. The van der Waals surface area contributed by atoms with Gasteiger partial charge in [0.2, 0.25) is 0 Å². The van der Waals surface area contributed by atoms with E-state index in [2.05, 4.69) is 15.2 Å². The number of alkyl halides is 3. The number of benzene rings is 2. The maximum absolute atomic E-state index is 14.1. The van der Waals surface area contributed by atoms with Crippen molar-refractivity contribution in [1.29, 1.82) is 5.26 Å². The number of halogens is 3. The Morgan fingerprint density at radius 1 is 1.09 bits per heavy atom. The fourth-order valence-corrected chi connectivity index (χ4v) is 4.22. The van der Waals surface area contributed by atoms with Gasteiger partial charge < -0.3 is 15.0 Å². The third-order valence-electron chi connectivity index (χ3n) is 5.67. The van der Waals surface area contributed by atoms with Crippen LogP contribution in [0.25, 0.3) is 11.1 Å². The first kappa shape index (κ1) is 24.2. The highest BCUT2D eigenvalue weighted by molar-refractivity contribution is 6.06. The van der Waals surface area contributed by atoms with Crippen LogP contribution in [-0.4, -0.2) is 36.2 Å². The molecule has 0 aliphatic carbocycles. The van der Waals surface area contributed by atoms with E-state index in [1.54, 1.807) is 12.1 Å². The number of carbonyl (C=O) groups excluding carboxylic acids is 1. The molecule has 1 amide bonds. The molecule has 1 aliphatic rings. The van der Waals surface area contributed by atoms with E-state index in [0.717, 1.165) is 6.07 Å². The van der Waals surface area contributed by atoms with E-state index >= 15 is 0 Å². The summed E-state index contributed by atoms with van der Waals surface area (Å²) in [6.07, 6.45) is -3.26. The highest BCUT2D eigenvalue weighted by Crippen LogP contribution is 2.39. The first-order chi connectivity index (χ1) is 16.7. The molecule has 1 aromatic heterocycles. The number of nitrogens with zero attached hydrogens (tertiary/aromatic N) is 3. The summed E-state index contributed by atoms with van der Waals surface area (Å²) in [7, 11) is 0. The van der Waals surface area contributed by atoms with E-state index < -0.39 is 23.2 Å². The van der Waals surface area contributed by atoms with Gasteiger partial charge in [-0.05, 0) is 55.3 Å². The molecule has 0 saturated carbocycles. The van der Waals surface area contributed by atoms with E-state index in [0.29, 0.717) is 24.5 Å². The smallest absolute Gasteiger partial charge is 0.372 e. The van der Waals surface area contributed by atoms with Crippen LogP contribution in [0.2, 0.25) is 0 Å². The minimum absolute atomic E-state index is 0.0455. The lowest BCUT2D eigenvalue weighted by molar-refractivity contribution is -0.137. The zero-order valence-electron chi connectivity index (χ0n) is 19.1. The van der Waals surface area contributed by atoms with Gasteiger partial charge in [0, 0.05) is 13.1 Å². The standard InChI is InChI=1S/C26H23F3N4O2/c1-16-14-33(15-17(2)35-16)23-11-10-20(13-31-23)32-25(34)22-5-3-4-21(24(22)26(27,28)29)19-8-6-18(12-30)7-9-19/h3-11,13,16-17H,14-15H2,1-2H3,(H,32,34). The van der Waals surface area contributed by atoms with Crippen LogP contribution in [-0.2, 0) is 10.9 Å². The normalized spacial score (nSPS) is 18.1. The lowest BCUT2D eigenvalue weighted by atomic mass is 9.94. The molecule has 2 unspecified atom stereocenters. The third-order valence-corrected chi connectivity index (χ3v) is 5.67. The Hall–Kier alpha value is -3.90. The number of amides is 1. The van der Waals surface area contributed by atoms with Crippen molar-refractivity contribution in [3.05, 3.63) is 77.5 Å². The second-order valence-corrected chi connectivity index (χ2v) is 8.44. The Labute approximate surface area is 201 Å². The highest BCUT2D eigenvalue weighted by Gasteiger charge is 2.38. The summed E-state index contributed by atoms with van der Waals surface area (Å²) in [5, 5.41) is 11.5. The first-order valence-corrected chi connectivity index (χ1v) is 11.0. The Morgan fingerprint density at radius 3 is 2.34 bits per heavy atom. The van der Waals surface area contributed by atoms with Crippen molar-refractivity contribution in [2.24, 2.45) is 0 Å². The molecule has 1 N–H and O–H groups in total. The van der Waals surface area contributed by atoms with Crippen LogP contribution in [0.15, 0.2) is 60.8 Å². The van der Waals surface area contributed by atoms with Crippen molar-refractivity contribution < 1.29 is 22.7 Å². The van der Waals surface area contributed by atoms with Crippen LogP contribution in [0.1, 0.15) is 35.3 Å². The predicted octanol–water partition coefficient (Wildman–Crippen LogP) is 5.50. The van der Waals surface area contributed by atoms with Crippen LogP contribution in [0, 0.1) is 11.3 Å². The monoisotopic (exact) mass is 480 g/mol. The van der Waals surface area contributed by atoms with Crippen LogP contribution < -0.4 is 10.2 Å². The Morgan fingerprint density at radius 2 is 1.77 bits per heavy atom. The van der Waals surface area contributed by atoms with Gasteiger partial charge in [0.25, 0.3) is 5.91 Å². The van der Waals surface area contributed by atoms with Crippen LogP contribution in [0.4, 0.5) is 24.7 Å². The second kappa shape index (κ2) is 9.76. The van der Waals surface area contributed by atoms with Gasteiger partial charge in [0.05, 0.1) is 46.9 Å². The molecule has 0 spiro atoms. The Balaban J connectivity index is 1.60. The lowest BCUT2D eigenvalue weighted by Crippen LogP contribution is -2.45. The van der Waals surface area contributed by atoms with Gasteiger partial charge in [0.1, 0.15) is 5.82 Å². The maximum Gasteiger partial charge on any atom is 0.417 e. The molecule has 6 nitrogen and oxygen atoms in total. The van der Waals surface area contributed by atoms with Crippen molar-refractivity contribution in [3.63, 3.8) is 0 Å². The summed E-state index contributed by atoms with van der Waals surface area (Å²) in [5.74, 6) is -0.195. The van der Waals surface area contributed by atoms with E-state index in [1.165, 1.54) is 42.6 Å². The average Bonchev–Trinajstić information content (AvgIpc) is 2.83. The molecule has 0 bridgehead atoms. The number of anilines is 2. The molecular formula is C26H23F3N4O2. The molecule has 9 heteroatoms. The number of nitrogens with one attached hydrogen (secondary N) is 1. The van der Waals surface area contributed by atoms with Crippen LogP contribution in [0.5, 0.6) is 0 Å². The van der Waals surface area contributed by atoms with Crippen molar-refractivity contribution in [2.75, 3.05) is 23.3 Å². The topological polar surface area (TPSA) is 78.3 Å². The summed E-state index contributed by atoms with van der Waals surface area (Å²) in [5.41, 5.74) is -0.815. The molecule has 1 aliphatic heterocycles. The van der Waals surface area contributed by atoms with Gasteiger partial charge in [-0.15, -0.1) is 0 Å². The van der Waals surface area contributed by atoms with E-state index in [1.807, 2.05) is 19.9 Å². The lowest BCUT2D eigenvalue weighted by Gasteiger charge is -2.36. The molecule has 3 aromatic rings. The van der Waals surface area contributed by atoms with Gasteiger partial charge >= 0.3 is 6.18 Å². The number of carbonyl (C=O) groups is 1. The zero-order valence-corrected chi connectivity index (χ0v) is 19.1. The Bertz CT molecular complexity index is 1240. The van der Waals surface area contributed by atoms with Crippen molar-refractivity contribution in [3.8, 4) is 17.2 Å². The number of morpholine rings is 1. The van der Waals surface area contributed by atoms with Gasteiger partial charge in [-0.2, -0.15) is 18.4 Å². The summed E-state index contributed by atoms with van der Waals surface area (Å²) in [6.45, 7) is 5.28. The molecule has 35 heavy (non-hydrogen) atoms. The first-order valence-electron chi connectivity index (χ1n) is 11.0. The number of hydrogen-bond donors (Lipinski definition) is 1. The third kappa shape index (κ3) is 5.44. The fourth-order valence-electron chi connectivity index (χ4n) is 4.22. The quantitative estimate of drug-likeness (QED) is 0.533. The number of ether oxygens (including phenoxy) is 1. The molecular weight excluding hydrogens is 457 g/mol. The highest BCUT2D eigenvalue weighted by atomic mass is 19.4. The molecule has 2 atom stereocenters. The molecule has 2 aromatic carbocycles. The summed E-state index contributed by atoms with van der Waals surface area (Å²) in [4.78, 5) is 19.4. The van der Waals surface area contributed by atoms with Crippen molar-refractivity contribution >= 4 is 17.4 Å². The SMILES string of the molecule is CC1CN(c2ccc(NC(=O)c3cccc(-c4ccc(C#N)cc4)c3C(F)(F)F)cn2)CC(C)O1. The molecule has 0 radical (unpaired) electrons. The van der Waals surface area contributed by atoms with Crippen molar-refractivity contribution in [1.82, 2.24) is 4.98 Å². The number of rotatable bonds is 4. The maximum atomic E-state index is 14.1. The number of pyridine rings is 1. The number of nitriles is 1. The fraction of sp³-hybridized carbons (Fsp3) is 0.269. The second-order valence-electron chi connectivity index (χ2n) is 8.44. The van der Waals surface area contributed by atoms with Gasteiger partial charge in [-0.25, -0.2) is 4.98 Å². The van der Waals surface area contributed by atoms with Gasteiger partial charge in [-0.1, -0.05) is 24.3 Å². The minimum atomic E-state index is -4.77. The number of aromatic nitrogens is 1.